The molecule has 2 atom stereocenters. The average Bonchev–Trinajstić information content (AvgIpc) is 3.18. The monoisotopic (exact) mass is 267 g/mol. The summed E-state index contributed by atoms with van der Waals surface area (Å²) in [4.78, 5) is 12.2. The van der Waals surface area contributed by atoms with Gasteiger partial charge in [-0.15, -0.1) is 0 Å². The first-order chi connectivity index (χ1) is 9.65. The molecular formula is C16H17N3O. The molecule has 1 aliphatic carbocycles. The maximum atomic E-state index is 12.2. The zero-order valence-corrected chi connectivity index (χ0v) is 11.0. The van der Waals surface area contributed by atoms with Gasteiger partial charge in [0.25, 0.3) is 5.91 Å². The zero-order chi connectivity index (χ0) is 14.1. The largest absolute Gasteiger partial charge is 0.399 e. The Morgan fingerprint density at radius 1 is 1.10 bits per heavy atom. The highest BCUT2D eigenvalue weighted by Gasteiger charge is 2.39. The normalized spacial score (nSPS) is 20.4. The Bertz CT molecular complexity index is 639. The van der Waals surface area contributed by atoms with Crippen molar-refractivity contribution in [1.29, 1.82) is 0 Å². The fourth-order valence-corrected chi connectivity index (χ4v) is 2.46. The average molecular weight is 267 g/mol. The van der Waals surface area contributed by atoms with Crippen LogP contribution in [0.25, 0.3) is 0 Å². The topological polar surface area (TPSA) is 81.1 Å². The number of nitrogens with one attached hydrogen (secondary N) is 1. The Morgan fingerprint density at radius 3 is 2.55 bits per heavy atom. The van der Waals surface area contributed by atoms with E-state index in [0.717, 1.165) is 6.42 Å². The molecule has 1 aliphatic rings. The van der Waals surface area contributed by atoms with E-state index in [0.29, 0.717) is 22.9 Å². The Morgan fingerprint density at radius 2 is 1.85 bits per heavy atom. The minimum absolute atomic E-state index is 0.133. The van der Waals surface area contributed by atoms with E-state index in [1.54, 1.807) is 18.2 Å². The van der Waals surface area contributed by atoms with Gasteiger partial charge in [-0.1, -0.05) is 30.3 Å². The van der Waals surface area contributed by atoms with E-state index in [9.17, 15) is 4.79 Å². The van der Waals surface area contributed by atoms with Crippen LogP contribution in [-0.4, -0.2) is 11.9 Å². The van der Waals surface area contributed by atoms with Crippen molar-refractivity contribution in [2.75, 3.05) is 11.5 Å². The highest BCUT2D eigenvalue weighted by molar-refractivity contribution is 6.00. The number of carbonyl (C=O) groups excluding carboxylic acids is 1. The summed E-state index contributed by atoms with van der Waals surface area (Å²) in [6.07, 6.45) is 0.977. The van der Waals surface area contributed by atoms with Gasteiger partial charge in [-0.05, 0) is 30.2 Å². The molecule has 20 heavy (non-hydrogen) atoms. The standard InChI is InChI=1S/C16H17N3O/c17-11-6-7-12(14(18)8-11)16(20)19-15-9-13(15)10-4-2-1-3-5-10/h1-8,13,15H,9,17-18H2,(H,19,20). The van der Waals surface area contributed by atoms with Crippen molar-refractivity contribution in [3.63, 3.8) is 0 Å². The summed E-state index contributed by atoms with van der Waals surface area (Å²) in [5.41, 5.74) is 14.2. The van der Waals surface area contributed by atoms with Gasteiger partial charge in [-0.25, -0.2) is 0 Å². The Balaban J connectivity index is 1.66. The Labute approximate surface area is 117 Å². The van der Waals surface area contributed by atoms with Gasteiger partial charge in [-0.3, -0.25) is 4.79 Å². The minimum atomic E-state index is -0.133. The van der Waals surface area contributed by atoms with Crippen molar-refractivity contribution >= 4 is 17.3 Å². The van der Waals surface area contributed by atoms with Gasteiger partial charge in [0.1, 0.15) is 0 Å². The SMILES string of the molecule is Nc1ccc(C(=O)NC2CC2c2ccccc2)c(N)c1. The third-order valence-electron chi connectivity index (χ3n) is 3.65. The second-order valence-corrected chi connectivity index (χ2v) is 5.18. The third-order valence-corrected chi connectivity index (χ3v) is 3.65. The Kier molecular flexibility index (Phi) is 3.06. The number of carbonyl (C=O) groups is 1. The number of amides is 1. The van der Waals surface area contributed by atoms with E-state index >= 15 is 0 Å². The molecule has 5 N–H and O–H groups in total. The van der Waals surface area contributed by atoms with Crippen LogP contribution in [-0.2, 0) is 0 Å². The summed E-state index contributed by atoms with van der Waals surface area (Å²) in [7, 11) is 0. The van der Waals surface area contributed by atoms with E-state index in [2.05, 4.69) is 17.4 Å². The molecule has 2 unspecified atom stereocenters. The van der Waals surface area contributed by atoms with Crippen LogP contribution in [0.2, 0.25) is 0 Å². The molecule has 4 heteroatoms. The molecule has 0 aliphatic heterocycles. The lowest BCUT2D eigenvalue weighted by atomic mass is 10.1. The molecule has 3 rings (SSSR count). The molecule has 102 valence electrons. The highest BCUT2D eigenvalue weighted by atomic mass is 16.1. The second kappa shape index (κ2) is 4.89. The molecule has 0 radical (unpaired) electrons. The van der Waals surface area contributed by atoms with Crippen molar-refractivity contribution in [1.82, 2.24) is 5.32 Å². The van der Waals surface area contributed by atoms with Crippen molar-refractivity contribution in [2.45, 2.75) is 18.4 Å². The lowest BCUT2D eigenvalue weighted by Crippen LogP contribution is -2.27. The second-order valence-electron chi connectivity index (χ2n) is 5.18. The van der Waals surface area contributed by atoms with Crippen LogP contribution in [0.15, 0.2) is 48.5 Å². The fourth-order valence-electron chi connectivity index (χ4n) is 2.46. The van der Waals surface area contributed by atoms with Gasteiger partial charge in [0.15, 0.2) is 0 Å². The maximum Gasteiger partial charge on any atom is 0.253 e. The van der Waals surface area contributed by atoms with E-state index in [1.165, 1.54) is 5.56 Å². The van der Waals surface area contributed by atoms with Gasteiger partial charge in [-0.2, -0.15) is 0 Å². The van der Waals surface area contributed by atoms with Crippen LogP contribution >= 0.6 is 0 Å². The molecule has 4 nitrogen and oxygen atoms in total. The van der Waals surface area contributed by atoms with Gasteiger partial charge < -0.3 is 16.8 Å². The van der Waals surface area contributed by atoms with Crippen LogP contribution in [0.1, 0.15) is 28.3 Å². The molecule has 0 saturated heterocycles. The zero-order valence-electron chi connectivity index (χ0n) is 11.0. The number of rotatable bonds is 3. The molecule has 2 aromatic rings. The number of hydrogen-bond acceptors (Lipinski definition) is 3. The van der Waals surface area contributed by atoms with Gasteiger partial charge >= 0.3 is 0 Å². The number of nitrogen functional groups attached to an aromatic ring is 2. The summed E-state index contributed by atoms with van der Waals surface area (Å²) in [6.45, 7) is 0. The first-order valence-electron chi connectivity index (χ1n) is 6.66. The summed E-state index contributed by atoms with van der Waals surface area (Å²) in [6, 6.07) is 15.4. The number of nitrogens with two attached hydrogens (primary N) is 2. The van der Waals surface area contributed by atoms with Crippen molar-refractivity contribution < 1.29 is 4.79 Å². The van der Waals surface area contributed by atoms with Gasteiger partial charge in [0.05, 0.1) is 5.56 Å². The number of hydrogen-bond donors (Lipinski definition) is 3. The summed E-state index contributed by atoms with van der Waals surface area (Å²) in [5.74, 6) is 0.279. The van der Waals surface area contributed by atoms with E-state index in [4.69, 9.17) is 11.5 Å². The fraction of sp³-hybridized carbons (Fsp3) is 0.188. The first kappa shape index (κ1) is 12.5. The quantitative estimate of drug-likeness (QED) is 0.745. The molecule has 1 amide bonds. The lowest BCUT2D eigenvalue weighted by Gasteiger charge is -2.08. The predicted molar refractivity (Wildman–Crippen MR) is 80.3 cm³/mol. The molecular weight excluding hydrogens is 250 g/mol. The van der Waals surface area contributed by atoms with Crippen molar-refractivity contribution in [2.24, 2.45) is 0 Å². The Hall–Kier alpha value is -2.49. The van der Waals surface area contributed by atoms with E-state index in [-0.39, 0.29) is 11.9 Å². The van der Waals surface area contributed by atoms with Crippen LogP contribution < -0.4 is 16.8 Å². The van der Waals surface area contributed by atoms with Crippen LogP contribution in [0, 0.1) is 0 Å². The van der Waals surface area contributed by atoms with Crippen LogP contribution in [0.4, 0.5) is 11.4 Å². The van der Waals surface area contributed by atoms with Crippen LogP contribution in [0.3, 0.4) is 0 Å². The van der Waals surface area contributed by atoms with Gasteiger partial charge in [0.2, 0.25) is 0 Å². The van der Waals surface area contributed by atoms with E-state index in [1.807, 2.05) is 18.2 Å². The summed E-state index contributed by atoms with van der Waals surface area (Å²) < 4.78 is 0. The predicted octanol–water partition coefficient (Wildman–Crippen LogP) is 2.14. The maximum absolute atomic E-state index is 12.2. The van der Waals surface area contributed by atoms with E-state index < -0.39 is 0 Å². The molecule has 1 fully saturated rings. The van der Waals surface area contributed by atoms with Crippen molar-refractivity contribution in [3.05, 3.63) is 59.7 Å². The summed E-state index contributed by atoms with van der Waals surface area (Å²) >= 11 is 0. The highest BCUT2D eigenvalue weighted by Crippen LogP contribution is 2.40. The number of anilines is 2. The molecule has 2 aromatic carbocycles. The lowest BCUT2D eigenvalue weighted by molar-refractivity contribution is 0.0951. The molecule has 0 aromatic heterocycles. The smallest absolute Gasteiger partial charge is 0.253 e. The first-order valence-corrected chi connectivity index (χ1v) is 6.66. The molecule has 0 heterocycles. The minimum Gasteiger partial charge on any atom is -0.399 e. The summed E-state index contributed by atoms with van der Waals surface area (Å²) in [5, 5.41) is 3.02. The molecule has 0 spiro atoms. The molecule has 1 saturated carbocycles. The number of benzene rings is 2. The van der Waals surface area contributed by atoms with Gasteiger partial charge in [0, 0.05) is 23.3 Å². The van der Waals surface area contributed by atoms with Crippen LogP contribution in [0.5, 0.6) is 0 Å². The van der Waals surface area contributed by atoms with Crippen molar-refractivity contribution in [3.8, 4) is 0 Å². The molecule has 0 bridgehead atoms. The third kappa shape index (κ3) is 2.45.